The first-order valence-corrected chi connectivity index (χ1v) is 11.0. The first-order valence-electron chi connectivity index (χ1n) is 10.6. The van der Waals surface area contributed by atoms with Crippen LogP contribution in [0.15, 0.2) is 66.2 Å². The molecule has 0 spiro atoms. The SMILES string of the molecule is COc1ccc(CNC(=O)/C(C#N)=C\c2cc(Cl)c(OCc3cccc([N+](=O)[O-])c3)c(OC)c2)cc1. The van der Waals surface area contributed by atoms with Gasteiger partial charge in [-0.2, -0.15) is 5.26 Å². The molecule has 0 aliphatic rings. The average Bonchev–Trinajstić information content (AvgIpc) is 2.89. The third-order valence-corrected chi connectivity index (χ3v) is 5.33. The predicted molar refractivity (Wildman–Crippen MR) is 134 cm³/mol. The molecular weight excluding hydrogens is 486 g/mol. The Labute approximate surface area is 212 Å². The van der Waals surface area contributed by atoms with Crippen molar-refractivity contribution in [2.24, 2.45) is 0 Å². The standard InChI is InChI=1S/C26H22ClN3O6/c1-34-22-8-6-17(7-9-22)15-29-26(31)20(14-28)10-19-12-23(27)25(24(13-19)35-2)36-16-18-4-3-5-21(11-18)30(32)33/h3-13H,15-16H2,1-2H3,(H,29,31)/b20-10-. The number of ether oxygens (including phenoxy) is 3. The van der Waals surface area contributed by atoms with E-state index in [4.69, 9.17) is 25.8 Å². The van der Waals surface area contributed by atoms with Crippen LogP contribution in [-0.4, -0.2) is 25.1 Å². The Hall–Kier alpha value is -4.55. The number of hydrogen-bond donors (Lipinski definition) is 1. The van der Waals surface area contributed by atoms with E-state index in [0.717, 1.165) is 5.56 Å². The van der Waals surface area contributed by atoms with Gasteiger partial charge in [0.05, 0.1) is 24.2 Å². The van der Waals surface area contributed by atoms with Crippen LogP contribution in [0.3, 0.4) is 0 Å². The van der Waals surface area contributed by atoms with Crippen LogP contribution in [0.5, 0.6) is 17.2 Å². The van der Waals surface area contributed by atoms with Gasteiger partial charge in [-0.1, -0.05) is 35.9 Å². The van der Waals surface area contributed by atoms with E-state index >= 15 is 0 Å². The van der Waals surface area contributed by atoms with E-state index in [-0.39, 0.29) is 40.9 Å². The molecule has 184 valence electrons. The number of carbonyl (C=O) groups excluding carboxylic acids is 1. The molecule has 0 unspecified atom stereocenters. The highest BCUT2D eigenvalue weighted by molar-refractivity contribution is 6.32. The van der Waals surface area contributed by atoms with Gasteiger partial charge < -0.3 is 19.5 Å². The van der Waals surface area contributed by atoms with Gasteiger partial charge in [0.1, 0.15) is 24.0 Å². The lowest BCUT2D eigenvalue weighted by Crippen LogP contribution is -2.23. The number of nitriles is 1. The summed E-state index contributed by atoms with van der Waals surface area (Å²) in [7, 11) is 2.99. The van der Waals surface area contributed by atoms with Crippen LogP contribution in [0.1, 0.15) is 16.7 Å². The Balaban J connectivity index is 1.74. The van der Waals surface area contributed by atoms with Crippen molar-refractivity contribution in [1.29, 1.82) is 5.26 Å². The first kappa shape index (κ1) is 26.1. The molecule has 0 heterocycles. The lowest BCUT2D eigenvalue weighted by Gasteiger charge is -2.13. The summed E-state index contributed by atoms with van der Waals surface area (Å²) in [6.45, 7) is 0.251. The molecule has 0 saturated heterocycles. The summed E-state index contributed by atoms with van der Waals surface area (Å²) in [6.07, 6.45) is 1.39. The average molecular weight is 508 g/mol. The highest BCUT2D eigenvalue weighted by Gasteiger charge is 2.15. The van der Waals surface area contributed by atoms with Crippen molar-refractivity contribution >= 4 is 29.3 Å². The topological polar surface area (TPSA) is 124 Å². The number of rotatable bonds is 10. The van der Waals surface area contributed by atoms with Gasteiger partial charge in [0, 0.05) is 18.7 Å². The number of amides is 1. The summed E-state index contributed by atoms with van der Waals surface area (Å²) in [5, 5.41) is 23.4. The maximum atomic E-state index is 12.6. The van der Waals surface area contributed by atoms with E-state index in [1.807, 2.05) is 18.2 Å². The van der Waals surface area contributed by atoms with Gasteiger partial charge in [-0.25, -0.2) is 0 Å². The third-order valence-electron chi connectivity index (χ3n) is 5.04. The van der Waals surface area contributed by atoms with Crippen molar-refractivity contribution in [3.63, 3.8) is 0 Å². The van der Waals surface area contributed by atoms with Crippen LogP contribution in [-0.2, 0) is 17.9 Å². The second-order valence-electron chi connectivity index (χ2n) is 7.45. The zero-order valence-corrected chi connectivity index (χ0v) is 20.2. The van der Waals surface area contributed by atoms with Crippen LogP contribution >= 0.6 is 11.6 Å². The van der Waals surface area contributed by atoms with Gasteiger partial charge in [0.25, 0.3) is 11.6 Å². The van der Waals surface area contributed by atoms with E-state index in [0.29, 0.717) is 16.9 Å². The number of methoxy groups -OCH3 is 2. The molecule has 3 aromatic rings. The monoisotopic (exact) mass is 507 g/mol. The van der Waals surface area contributed by atoms with Crippen molar-refractivity contribution in [3.05, 3.63) is 98.1 Å². The number of non-ortho nitro benzene ring substituents is 1. The van der Waals surface area contributed by atoms with Gasteiger partial charge in [-0.05, 0) is 47.0 Å². The van der Waals surface area contributed by atoms with Crippen molar-refractivity contribution < 1.29 is 23.9 Å². The highest BCUT2D eigenvalue weighted by Crippen LogP contribution is 2.37. The molecule has 0 radical (unpaired) electrons. The van der Waals surface area contributed by atoms with Gasteiger partial charge in [-0.3, -0.25) is 14.9 Å². The van der Waals surface area contributed by atoms with Gasteiger partial charge in [0.15, 0.2) is 11.5 Å². The summed E-state index contributed by atoms with van der Waals surface area (Å²) in [5.41, 5.74) is 1.70. The molecule has 0 saturated carbocycles. The summed E-state index contributed by atoms with van der Waals surface area (Å²) >= 11 is 6.40. The summed E-state index contributed by atoms with van der Waals surface area (Å²) in [6, 6.07) is 18.2. The molecule has 0 aliphatic carbocycles. The van der Waals surface area contributed by atoms with Crippen molar-refractivity contribution in [2.45, 2.75) is 13.2 Å². The quantitative estimate of drug-likeness (QED) is 0.176. The highest BCUT2D eigenvalue weighted by atomic mass is 35.5. The first-order chi connectivity index (χ1) is 17.3. The zero-order chi connectivity index (χ0) is 26.1. The van der Waals surface area contributed by atoms with E-state index in [2.05, 4.69) is 5.32 Å². The molecule has 0 atom stereocenters. The summed E-state index contributed by atoms with van der Waals surface area (Å²) in [5.74, 6) is 0.654. The molecule has 0 aliphatic heterocycles. The number of nitro groups is 1. The number of hydrogen-bond acceptors (Lipinski definition) is 7. The molecule has 36 heavy (non-hydrogen) atoms. The molecule has 9 nitrogen and oxygen atoms in total. The molecular formula is C26H22ClN3O6. The maximum Gasteiger partial charge on any atom is 0.269 e. The number of benzene rings is 3. The second kappa shape index (κ2) is 12.2. The Morgan fingerprint density at radius 2 is 1.86 bits per heavy atom. The van der Waals surface area contributed by atoms with Gasteiger partial charge >= 0.3 is 0 Å². The van der Waals surface area contributed by atoms with Crippen LogP contribution in [0.25, 0.3) is 6.08 Å². The minimum atomic E-state index is -0.547. The number of nitrogens with one attached hydrogen (secondary N) is 1. The molecule has 1 N–H and O–H groups in total. The number of nitro benzene ring substituents is 1. The van der Waals surface area contributed by atoms with E-state index < -0.39 is 10.8 Å². The maximum absolute atomic E-state index is 12.6. The summed E-state index contributed by atoms with van der Waals surface area (Å²) < 4.78 is 16.3. The van der Waals surface area contributed by atoms with E-state index in [1.165, 1.54) is 31.4 Å². The van der Waals surface area contributed by atoms with E-state index in [1.54, 1.807) is 37.4 Å². The summed E-state index contributed by atoms with van der Waals surface area (Å²) in [4.78, 5) is 23.0. The number of halogens is 1. The lowest BCUT2D eigenvalue weighted by atomic mass is 10.1. The lowest BCUT2D eigenvalue weighted by molar-refractivity contribution is -0.384. The Morgan fingerprint density at radius 3 is 2.50 bits per heavy atom. The predicted octanol–water partition coefficient (Wildman–Crippen LogP) is 5.07. The van der Waals surface area contributed by atoms with E-state index in [9.17, 15) is 20.2 Å². The normalized spacial score (nSPS) is 10.8. The fourth-order valence-corrected chi connectivity index (χ4v) is 3.49. The van der Waals surface area contributed by atoms with Crippen molar-refractivity contribution in [1.82, 2.24) is 5.32 Å². The minimum absolute atomic E-state index is 0.0180. The molecule has 3 aromatic carbocycles. The molecule has 0 aromatic heterocycles. The molecule has 0 bridgehead atoms. The second-order valence-corrected chi connectivity index (χ2v) is 7.86. The van der Waals surface area contributed by atoms with Crippen LogP contribution in [0.2, 0.25) is 5.02 Å². The number of carbonyl (C=O) groups is 1. The van der Waals surface area contributed by atoms with Crippen molar-refractivity contribution in [2.75, 3.05) is 14.2 Å². The fraction of sp³-hybridized carbons (Fsp3) is 0.154. The minimum Gasteiger partial charge on any atom is -0.497 e. The number of nitrogens with zero attached hydrogens (tertiary/aromatic N) is 2. The zero-order valence-electron chi connectivity index (χ0n) is 19.5. The van der Waals surface area contributed by atoms with Crippen LogP contribution in [0.4, 0.5) is 5.69 Å². The molecule has 0 fully saturated rings. The molecule has 3 rings (SSSR count). The van der Waals surface area contributed by atoms with Crippen LogP contribution in [0, 0.1) is 21.4 Å². The molecule has 1 amide bonds. The Kier molecular flexibility index (Phi) is 8.86. The van der Waals surface area contributed by atoms with Crippen molar-refractivity contribution in [3.8, 4) is 23.3 Å². The third kappa shape index (κ3) is 6.74. The Morgan fingerprint density at radius 1 is 1.11 bits per heavy atom. The largest absolute Gasteiger partial charge is 0.497 e. The van der Waals surface area contributed by atoms with Gasteiger partial charge in [-0.15, -0.1) is 0 Å². The van der Waals surface area contributed by atoms with Gasteiger partial charge in [0.2, 0.25) is 0 Å². The Bertz CT molecular complexity index is 1330. The smallest absolute Gasteiger partial charge is 0.269 e. The van der Waals surface area contributed by atoms with Crippen LogP contribution < -0.4 is 19.5 Å². The fourth-order valence-electron chi connectivity index (χ4n) is 3.21. The molecule has 10 heteroatoms.